The summed E-state index contributed by atoms with van der Waals surface area (Å²) in [4.78, 5) is 12.3. The smallest absolute Gasteiger partial charge is 0.183 e. The molecule has 0 radical (unpaired) electrons. The van der Waals surface area contributed by atoms with Crippen LogP contribution in [0.4, 0.5) is 0 Å². The number of hydrogen-bond acceptors (Lipinski definition) is 2. The lowest BCUT2D eigenvalue weighted by molar-refractivity contribution is -0.120. The number of Topliss-reactive ketones (excluding diaryl/α,β-unsaturated/α-hetero) is 1. The fourth-order valence-corrected chi connectivity index (χ4v) is 1.87. The molecule has 1 N–H and O–H groups in total. The van der Waals surface area contributed by atoms with Gasteiger partial charge in [0.25, 0.3) is 0 Å². The minimum atomic E-state index is -0.497. The predicted molar refractivity (Wildman–Crippen MR) is 68.1 cm³/mol. The van der Waals surface area contributed by atoms with E-state index >= 15 is 0 Å². The number of hydrogen-bond donors (Lipinski definition) is 1. The van der Waals surface area contributed by atoms with Crippen molar-refractivity contribution in [3.05, 3.63) is 23.4 Å². The molecule has 0 aromatic rings. The molecule has 0 amide bonds. The Kier molecular flexibility index (Phi) is 3.61. The number of ketones is 1. The van der Waals surface area contributed by atoms with Crippen LogP contribution in [0, 0.1) is 11.8 Å². The molecule has 0 aromatic heterocycles. The van der Waals surface area contributed by atoms with Gasteiger partial charge in [0.1, 0.15) is 0 Å². The summed E-state index contributed by atoms with van der Waals surface area (Å²) in [5.74, 6) is 0.889. The van der Waals surface area contributed by atoms with Gasteiger partial charge < -0.3 is 5.32 Å². The molecule has 0 saturated carbocycles. The molecule has 90 valence electrons. The lowest BCUT2D eigenvalue weighted by Crippen LogP contribution is -2.47. The van der Waals surface area contributed by atoms with E-state index in [0.29, 0.717) is 5.92 Å². The zero-order valence-electron chi connectivity index (χ0n) is 11.2. The van der Waals surface area contributed by atoms with Crippen molar-refractivity contribution in [1.82, 2.24) is 5.32 Å². The second-order valence-corrected chi connectivity index (χ2v) is 5.63. The van der Waals surface area contributed by atoms with E-state index in [-0.39, 0.29) is 11.7 Å². The van der Waals surface area contributed by atoms with E-state index in [2.05, 4.69) is 33.0 Å². The molecule has 2 heteroatoms. The Morgan fingerprint density at radius 2 is 1.62 bits per heavy atom. The summed E-state index contributed by atoms with van der Waals surface area (Å²) in [6, 6.07) is 0. The highest BCUT2D eigenvalue weighted by Gasteiger charge is 2.33. The Balaban J connectivity index is 3.16. The van der Waals surface area contributed by atoms with Gasteiger partial charge in [0.15, 0.2) is 5.78 Å². The first kappa shape index (κ1) is 13.0. The fourth-order valence-electron chi connectivity index (χ4n) is 1.87. The van der Waals surface area contributed by atoms with Gasteiger partial charge in [-0.05, 0) is 31.8 Å². The standard InChI is InChI=1S/C14H23NO/c1-9(2)11-7-8-12(10(3)4)15-14(5,6)13(11)16/h7-10,15H,1-6H3. The Morgan fingerprint density at radius 3 is 2.06 bits per heavy atom. The van der Waals surface area contributed by atoms with Gasteiger partial charge >= 0.3 is 0 Å². The van der Waals surface area contributed by atoms with Gasteiger partial charge in [0.2, 0.25) is 0 Å². The monoisotopic (exact) mass is 221 g/mol. The topological polar surface area (TPSA) is 29.1 Å². The summed E-state index contributed by atoms with van der Waals surface area (Å²) in [5.41, 5.74) is 1.55. The molecule has 0 aromatic carbocycles. The van der Waals surface area contributed by atoms with Crippen LogP contribution in [-0.2, 0) is 4.79 Å². The first-order chi connectivity index (χ1) is 7.25. The summed E-state index contributed by atoms with van der Waals surface area (Å²) in [6.07, 6.45) is 4.02. The molecule has 0 atom stereocenters. The Bertz CT molecular complexity index is 346. The van der Waals surface area contributed by atoms with Gasteiger partial charge in [-0.2, -0.15) is 0 Å². The summed E-state index contributed by atoms with van der Waals surface area (Å²) in [5, 5.41) is 3.35. The molecule has 1 rings (SSSR count). The Labute approximate surface area is 98.8 Å². The highest BCUT2D eigenvalue weighted by Crippen LogP contribution is 2.24. The molecule has 0 unspecified atom stereocenters. The van der Waals surface area contributed by atoms with Crippen LogP contribution in [0.15, 0.2) is 23.4 Å². The van der Waals surface area contributed by atoms with Crippen molar-refractivity contribution in [2.75, 3.05) is 0 Å². The summed E-state index contributed by atoms with van der Waals surface area (Å²) >= 11 is 0. The molecule has 1 heterocycles. The van der Waals surface area contributed by atoms with Crippen LogP contribution in [0.2, 0.25) is 0 Å². The van der Waals surface area contributed by atoms with Crippen molar-refractivity contribution in [2.45, 2.75) is 47.1 Å². The second-order valence-electron chi connectivity index (χ2n) is 5.63. The van der Waals surface area contributed by atoms with Crippen LogP contribution in [0.1, 0.15) is 41.5 Å². The lowest BCUT2D eigenvalue weighted by Gasteiger charge is -2.29. The normalized spacial score (nSPS) is 20.4. The molecule has 0 spiro atoms. The van der Waals surface area contributed by atoms with Crippen molar-refractivity contribution in [1.29, 1.82) is 0 Å². The molecule has 0 aliphatic carbocycles. The number of carbonyl (C=O) groups is 1. The van der Waals surface area contributed by atoms with Gasteiger partial charge in [0, 0.05) is 11.3 Å². The maximum Gasteiger partial charge on any atom is 0.183 e. The largest absolute Gasteiger partial charge is 0.376 e. The molecular weight excluding hydrogens is 198 g/mol. The van der Waals surface area contributed by atoms with Gasteiger partial charge in [0.05, 0.1) is 5.54 Å². The van der Waals surface area contributed by atoms with Gasteiger partial charge in [-0.15, -0.1) is 0 Å². The molecular formula is C14H23NO. The van der Waals surface area contributed by atoms with Crippen molar-refractivity contribution in [2.24, 2.45) is 11.8 Å². The third-order valence-electron chi connectivity index (χ3n) is 2.97. The van der Waals surface area contributed by atoms with E-state index in [1.54, 1.807) is 0 Å². The minimum Gasteiger partial charge on any atom is -0.376 e. The van der Waals surface area contributed by atoms with Crippen LogP contribution < -0.4 is 5.32 Å². The van der Waals surface area contributed by atoms with E-state index in [9.17, 15) is 4.79 Å². The first-order valence-electron chi connectivity index (χ1n) is 6.00. The van der Waals surface area contributed by atoms with Crippen molar-refractivity contribution in [3.63, 3.8) is 0 Å². The maximum atomic E-state index is 12.3. The van der Waals surface area contributed by atoms with Crippen LogP contribution in [0.5, 0.6) is 0 Å². The van der Waals surface area contributed by atoms with Crippen molar-refractivity contribution in [3.8, 4) is 0 Å². The molecule has 16 heavy (non-hydrogen) atoms. The zero-order chi connectivity index (χ0) is 12.5. The summed E-state index contributed by atoms with van der Waals surface area (Å²) in [7, 11) is 0. The fraction of sp³-hybridized carbons (Fsp3) is 0.643. The quantitative estimate of drug-likeness (QED) is 0.776. The van der Waals surface area contributed by atoms with Crippen LogP contribution in [0.25, 0.3) is 0 Å². The highest BCUT2D eigenvalue weighted by atomic mass is 16.1. The maximum absolute atomic E-state index is 12.3. The number of rotatable bonds is 2. The average Bonchev–Trinajstić information content (AvgIpc) is 2.25. The van der Waals surface area contributed by atoms with Crippen molar-refractivity contribution < 1.29 is 4.79 Å². The number of allylic oxidation sites excluding steroid dienone is 3. The van der Waals surface area contributed by atoms with E-state index < -0.39 is 5.54 Å². The molecule has 0 bridgehead atoms. The summed E-state index contributed by atoms with van der Waals surface area (Å²) < 4.78 is 0. The Morgan fingerprint density at radius 1 is 1.06 bits per heavy atom. The molecule has 1 aliphatic rings. The van der Waals surface area contributed by atoms with Gasteiger partial charge in [-0.1, -0.05) is 33.8 Å². The van der Waals surface area contributed by atoms with Crippen LogP contribution in [0.3, 0.4) is 0 Å². The average molecular weight is 221 g/mol. The second kappa shape index (κ2) is 4.44. The zero-order valence-corrected chi connectivity index (χ0v) is 11.2. The highest BCUT2D eigenvalue weighted by molar-refractivity contribution is 6.03. The first-order valence-corrected chi connectivity index (χ1v) is 6.00. The molecule has 2 nitrogen and oxygen atoms in total. The van der Waals surface area contributed by atoms with E-state index in [1.807, 2.05) is 26.0 Å². The third kappa shape index (κ3) is 2.55. The number of nitrogens with one attached hydrogen (secondary N) is 1. The van der Waals surface area contributed by atoms with Crippen LogP contribution in [-0.4, -0.2) is 11.3 Å². The Hall–Kier alpha value is -1.05. The SMILES string of the molecule is CC(C)C1=CC=C(C(C)C)C(=O)C(C)(C)N1. The number of carbonyl (C=O) groups excluding carboxylic acids is 1. The molecule has 0 fully saturated rings. The molecule has 1 aliphatic heterocycles. The molecule has 0 saturated heterocycles. The summed E-state index contributed by atoms with van der Waals surface area (Å²) in [6.45, 7) is 12.3. The van der Waals surface area contributed by atoms with E-state index in [4.69, 9.17) is 0 Å². The van der Waals surface area contributed by atoms with Crippen LogP contribution >= 0.6 is 0 Å². The minimum absolute atomic E-state index is 0.203. The van der Waals surface area contributed by atoms with E-state index in [0.717, 1.165) is 11.3 Å². The van der Waals surface area contributed by atoms with Gasteiger partial charge in [-0.3, -0.25) is 4.79 Å². The van der Waals surface area contributed by atoms with Crippen molar-refractivity contribution >= 4 is 5.78 Å². The predicted octanol–water partition coefficient (Wildman–Crippen LogP) is 3.06. The lowest BCUT2D eigenvalue weighted by atomic mass is 9.88. The third-order valence-corrected chi connectivity index (χ3v) is 2.97. The van der Waals surface area contributed by atoms with Gasteiger partial charge in [-0.25, -0.2) is 0 Å². The van der Waals surface area contributed by atoms with E-state index in [1.165, 1.54) is 0 Å².